The van der Waals surface area contributed by atoms with E-state index >= 15 is 0 Å². The standard InChI is InChI=1S/C62H96N14O10/c1-81-53-40-54(82-2)50(52(78)36-42-17-21-44(22-18-42)76-58(80)48-26-24-46(84-32-12-4-8-28-72-60(65)66)38-56(48)86-34-14-6-10-30-74-62(69)70)39-49(53)51(77)35-41-15-19-43(20-16-41)75-57(79)47-25-23-45(83-31-11-3-7-27-71-59(63)64)37-55(47)85-33-13-5-9-29-73-61(67)68/h23-26,37-44H,3-22,27-36H2,1-2H3,(H,75,79)(H,76,80)(H4,63,64,71)(H4,65,66,72)(H4,67,68,73)(H4,69,70,74). The van der Waals surface area contributed by atoms with E-state index in [1.165, 1.54) is 14.2 Å². The summed E-state index contributed by atoms with van der Waals surface area (Å²) in [5.41, 5.74) is 45.0. The number of nitrogens with two attached hydrogens (primary N) is 8. The number of nitrogens with one attached hydrogen (secondary N) is 2. The maximum absolute atomic E-state index is 14.2. The second-order valence-electron chi connectivity index (χ2n) is 22.1. The number of benzene rings is 3. The molecule has 24 heteroatoms. The monoisotopic (exact) mass is 1200 g/mol. The first-order chi connectivity index (χ1) is 41.5. The first kappa shape index (κ1) is 68.6. The number of aliphatic imine (C=N–C) groups is 4. The predicted molar refractivity (Wildman–Crippen MR) is 337 cm³/mol. The molecule has 0 saturated heterocycles. The number of Topliss-reactive ketones (excluding diaryl/α,β-unsaturated/α-hetero) is 2. The molecule has 18 N–H and O–H groups in total. The van der Waals surface area contributed by atoms with Gasteiger partial charge in [-0.1, -0.05) is 0 Å². The summed E-state index contributed by atoms with van der Waals surface area (Å²) in [7, 11) is 2.99. The van der Waals surface area contributed by atoms with E-state index in [0.29, 0.717) is 135 Å². The summed E-state index contributed by atoms with van der Waals surface area (Å²) in [6.07, 6.45) is 15.9. The van der Waals surface area contributed by atoms with Crippen LogP contribution in [-0.4, -0.2) is 126 Å². The number of ketones is 2. The van der Waals surface area contributed by atoms with Gasteiger partial charge in [0.05, 0.1) is 62.9 Å². The molecule has 24 nitrogen and oxygen atoms in total. The van der Waals surface area contributed by atoms with Crippen molar-refractivity contribution in [2.24, 2.45) is 77.7 Å². The van der Waals surface area contributed by atoms with Crippen LogP contribution >= 0.6 is 0 Å². The van der Waals surface area contributed by atoms with Crippen molar-refractivity contribution in [1.29, 1.82) is 0 Å². The van der Waals surface area contributed by atoms with Gasteiger partial charge in [-0.15, -0.1) is 0 Å². The van der Waals surface area contributed by atoms with Crippen LogP contribution in [0.2, 0.25) is 0 Å². The molecular weight excluding hydrogens is 1100 g/mol. The van der Waals surface area contributed by atoms with Crippen LogP contribution in [0.1, 0.15) is 183 Å². The summed E-state index contributed by atoms with van der Waals surface area (Å²) >= 11 is 0. The molecule has 0 atom stereocenters. The number of nitrogens with zero attached hydrogens (tertiary/aromatic N) is 4. The van der Waals surface area contributed by atoms with E-state index in [0.717, 1.165) is 103 Å². The van der Waals surface area contributed by atoms with E-state index in [1.54, 1.807) is 48.5 Å². The third-order valence-electron chi connectivity index (χ3n) is 15.3. The zero-order valence-electron chi connectivity index (χ0n) is 50.6. The SMILES string of the molecule is COc1cc(OC)c(C(=O)CC2CCC(NC(=O)c3ccc(OCCCCCN=C(N)N)cc3OCCCCCN=C(N)N)CC2)cc1C(=O)CC1CCC(NC(=O)c2ccc(OCCCCCN=C(N)N)cc2OCCCCCN=C(N)N)CC1. The van der Waals surface area contributed by atoms with Gasteiger partial charge >= 0.3 is 0 Å². The number of rotatable bonds is 40. The Morgan fingerprint density at radius 3 is 1.03 bits per heavy atom. The number of carbonyl (C=O) groups excluding carboxylic acids is 4. The van der Waals surface area contributed by atoms with Crippen LogP contribution < -0.4 is 84.9 Å². The van der Waals surface area contributed by atoms with Crippen LogP contribution in [0, 0.1) is 11.8 Å². The highest BCUT2D eigenvalue weighted by Crippen LogP contribution is 2.37. The fraction of sp³-hybridized carbons (Fsp3) is 0.581. The van der Waals surface area contributed by atoms with Crippen molar-refractivity contribution in [1.82, 2.24) is 10.6 Å². The Kier molecular flexibility index (Phi) is 30.3. The Labute approximate surface area is 506 Å². The van der Waals surface area contributed by atoms with Crippen molar-refractivity contribution >= 4 is 47.2 Å². The van der Waals surface area contributed by atoms with Gasteiger partial charge < -0.3 is 84.9 Å². The molecule has 3 aromatic rings. The summed E-state index contributed by atoms with van der Waals surface area (Å²) in [5.74, 6) is 2.39. The molecule has 0 aromatic heterocycles. The Bertz CT molecular complexity index is 2550. The molecule has 5 rings (SSSR count). The molecule has 0 spiro atoms. The van der Waals surface area contributed by atoms with Gasteiger partial charge in [-0.05, 0) is 171 Å². The maximum Gasteiger partial charge on any atom is 0.255 e. The fourth-order valence-corrected chi connectivity index (χ4v) is 10.6. The predicted octanol–water partition coefficient (Wildman–Crippen LogP) is 6.12. The van der Waals surface area contributed by atoms with Crippen LogP contribution in [0.3, 0.4) is 0 Å². The van der Waals surface area contributed by atoms with Gasteiger partial charge in [-0.3, -0.25) is 39.1 Å². The lowest BCUT2D eigenvalue weighted by Crippen LogP contribution is -2.38. The smallest absolute Gasteiger partial charge is 0.255 e. The number of hydrogen-bond acceptors (Lipinski definition) is 14. The Balaban J connectivity index is 1.13. The van der Waals surface area contributed by atoms with Crippen LogP contribution in [0.25, 0.3) is 0 Å². The van der Waals surface area contributed by atoms with Crippen molar-refractivity contribution in [3.8, 4) is 34.5 Å². The molecule has 3 aromatic carbocycles. The van der Waals surface area contributed by atoms with E-state index in [4.69, 9.17) is 74.3 Å². The van der Waals surface area contributed by atoms with Crippen molar-refractivity contribution in [3.63, 3.8) is 0 Å². The number of methoxy groups -OCH3 is 2. The highest BCUT2D eigenvalue weighted by atomic mass is 16.5. The zero-order chi connectivity index (χ0) is 62.1. The topological polar surface area (TPSA) is 405 Å². The number of unbranched alkanes of at least 4 members (excludes halogenated alkanes) is 8. The molecule has 2 amide bonds. The van der Waals surface area contributed by atoms with Crippen molar-refractivity contribution in [2.75, 3.05) is 66.8 Å². The average Bonchev–Trinajstić information content (AvgIpc) is 1.70. The summed E-state index contributed by atoms with van der Waals surface area (Å²) in [4.78, 5) is 72.2. The molecular formula is C62H96N14O10. The summed E-state index contributed by atoms with van der Waals surface area (Å²) < 4.78 is 35.9. The second kappa shape index (κ2) is 38.0. The molecule has 2 fully saturated rings. The number of amides is 2. The minimum absolute atomic E-state index is 0.0622. The Morgan fingerprint density at radius 2 is 0.721 bits per heavy atom. The van der Waals surface area contributed by atoms with Gasteiger partial charge in [-0.2, -0.15) is 0 Å². The van der Waals surface area contributed by atoms with Crippen LogP contribution in [0.4, 0.5) is 0 Å². The average molecular weight is 1200 g/mol. The number of ether oxygens (including phenoxy) is 6. The minimum Gasteiger partial charge on any atom is -0.496 e. The fourth-order valence-electron chi connectivity index (χ4n) is 10.6. The quantitative estimate of drug-likeness (QED) is 0.0133. The molecule has 2 saturated carbocycles. The van der Waals surface area contributed by atoms with Crippen LogP contribution in [-0.2, 0) is 0 Å². The molecule has 2 aliphatic rings. The molecule has 0 aliphatic heterocycles. The van der Waals surface area contributed by atoms with E-state index in [2.05, 4.69) is 30.6 Å². The first-order valence-corrected chi connectivity index (χ1v) is 30.5. The number of hydrogen-bond donors (Lipinski definition) is 10. The largest absolute Gasteiger partial charge is 0.496 e. The highest BCUT2D eigenvalue weighted by molar-refractivity contribution is 6.05. The van der Waals surface area contributed by atoms with Gasteiger partial charge in [-0.25, -0.2) is 0 Å². The third kappa shape index (κ3) is 25.2. The van der Waals surface area contributed by atoms with Gasteiger partial charge in [0.15, 0.2) is 35.4 Å². The van der Waals surface area contributed by atoms with Gasteiger partial charge in [0.25, 0.3) is 11.8 Å². The van der Waals surface area contributed by atoms with E-state index in [9.17, 15) is 19.2 Å². The van der Waals surface area contributed by atoms with Crippen LogP contribution in [0.15, 0.2) is 68.5 Å². The maximum atomic E-state index is 14.2. The van der Waals surface area contributed by atoms with Crippen LogP contribution in [0.5, 0.6) is 34.5 Å². The summed E-state index contributed by atoms with van der Waals surface area (Å²) in [5, 5.41) is 6.43. The summed E-state index contributed by atoms with van der Waals surface area (Å²) in [6, 6.07) is 13.6. The zero-order valence-corrected chi connectivity index (χ0v) is 50.6. The van der Waals surface area contributed by atoms with E-state index < -0.39 is 0 Å². The third-order valence-corrected chi connectivity index (χ3v) is 15.3. The van der Waals surface area contributed by atoms with E-state index in [1.807, 2.05) is 0 Å². The normalized spacial score (nSPS) is 16.3. The molecule has 86 heavy (non-hydrogen) atoms. The second-order valence-corrected chi connectivity index (χ2v) is 22.1. The molecule has 0 bridgehead atoms. The lowest BCUT2D eigenvalue weighted by atomic mass is 9.81. The molecule has 0 heterocycles. The molecule has 0 radical (unpaired) electrons. The number of guanidine groups is 4. The summed E-state index contributed by atoms with van der Waals surface area (Å²) in [6.45, 7) is 3.93. The number of carbonyl (C=O) groups is 4. The molecule has 0 unspecified atom stereocenters. The lowest BCUT2D eigenvalue weighted by Gasteiger charge is -2.29. The van der Waals surface area contributed by atoms with Gasteiger partial charge in [0.2, 0.25) is 0 Å². The van der Waals surface area contributed by atoms with Crippen molar-refractivity contribution < 1.29 is 47.6 Å². The highest BCUT2D eigenvalue weighted by Gasteiger charge is 2.31. The minimum atomic E-state index is -0.246. The van der Waals surface area contributed by atoms with Gasteiger partial charge in [0, 0.05) is 69.3 Å². The lowest BCUT2D eigenvalue weighted by molar-refractivity contribution is 0.0890. The van der Waals surface area contributed by atoms with Crippen molar-refractivity contribution in [2.45, 2.75) is 153 Å². The Morgan fingerprint density at radius 1 is 0.395 bits per heavy atom. The Hall–Kier alpha value is -8.18. The van der Waals surface area contributed by atoms with Crippen molar-refractivity contribution in [3.05, 3.63) is 70.8 Å². The van der Waals surface area contributed by atoms with E-state index in [-0.39, 0.29) is 84.0 Å². The molecule has 474 valence electrons. The molecule has 2 aliphatic carbocycles. The van der Waals surface area contributed by atoms with Gasteiger partial charge in [0.1, 0.15) is 34.5 Å². The first-order valence-electron chi connectivity index (χ1n) is 30.5.